The molecule has 0 bridgehead atoms. The highest BCUT2D eigenvalue weighted by atomic mass is 16.4. The molecule has 3 atom stereocenters. The second-order valence-corrected chi connectivity index (χ2v) is 5.92. The second kappa shape index (κ2) is 10.1. The van der Waals surface area contributed by atoms with Gasteiger partial charge in [0.05, 0.1) is 12.1 Å². The van der Waals surface area contributed by atoms with Crippen LogP contribution in [0.15, 0.2) is 30.3 Å². The van der Waals surface area contributed by atoms with Crippen molar-refractivity contribution in [3.8, 4) is 6.07 Å². The van der Waals surface area contributed by atoms with Crippen molar-refractivity contribution in [2.24, 2.45) is 5.92 Å². The van der Waals surface area contributed by atoms with Crippen LogP contribution in [0, 0.1) is 17.2 Å². The van der Waals surface area contributed by atoms with Gasteiger partial charge in [-0.15, -0.1) is 0 Å². The maximum Gasteiger partial charge on any atom is 0.326 e. The van der Waals surface area contributed by atoms with Crippen LogP contribution < -0.4 is 10.6 Å². The summed E-state index contributed by atoms with van der Waals surface area (Å²) in [6, 6.07) is 9.99. The summed E-state index contributed by atoms with van der Waals surface area (Å²) < 4.78 is 0. The lowest BCUT2D eigenvalue weighted by Crippen LogP contribution is -2.45. The second-order valence-electron chi connectivity index (χ2n) is 5.92. The van der Waals surface area contributed by atoms with E-state index in [1.54, 1.807) is 6.92 Å². The van der Waals surface area contributed by atoms with Crippen LogP contribution in [0.25, 0.3) is 0 Å². The van der Waals surface area contributed by atoms with Gasteiger partial charge in [-0.2, -0.15) is 5.26 Å². The molecule has 1 rings (SSSR count). The van der Waals surface area contributed by atoms with E-state index < -0.39 is 23.8 Å². The van der Waals surface area contributed by atoms with Crippen molar-refractivity contribution < 1.29 is 19.5 Å². The standard InChI is InChI=1S/C18H23N3O4/c1-12(10-11-19)17(18(24)25)21-16(23)9-8-15(22)20-13(2)14-6-4-3-5-7-14/h3-7,12-13,17H,8-10H2,1-2H3,(H,20,22)(H,21,23)(H,24,25)/t12-,13+,17+/m0/s1. The Balaban J connectivity index is 2.45. The molecule has 0 aliphatic carbocycles. The van der Waals surface area contributed by atoms with Gasteiger partial charge < -0.3 is 15.7 Å². The topological polar surface area (TPSA) is 119 Å². The quantitative estimate of drug-likeness (QED) is 0.630. The Bertz CT molecular complexity index is 639. The lowest BCUT2D eigenvalue weighted by atomic mass is 9.99. The lowest BCUT2D eigenvalue weighted by molar-refractivity contribution is -0.143. The Morgan fingerprint density at radius 2 is 1.64 bits per heavy atom. The van der Waals surface area contributed by atoms with Crippen molar-refractivity contribution in [1.82, 2.24) is 10.6 Å². The predicted molar refractivity (Wildman–Crippen MR) is 91.2 cm³/mol. The number of carbonyl (C=O) groups is 3. The fourth-order valence-corrected chi connectivity index (χ4v) is 2.32. The first-order valence-electron chi connectivity index (χ1n) is 8.08. The average molecular weight is 345 g/mol. The fourth-order valence-electron chi connectivity index (χ4n) is 2.32. The molecule has 25 heavy (non-hydrogen) atoms. The molecule has 7 nitrogen and oxygen atoms in total. The molecular weight excluding hydrogens is 322 g/mol. The molecule has 0 saturated heterocycles. The molecule has 0 saturated carbocycles. The highest BCUT2D eigenvalue weighted by molar-refractivity contribution is 5.87. The Hall–Kier alpha value is -2.88. The lowest BCUT2D eigenvalue weighted by Gasteiger charge is -2.19. The van der Waals surface area contributed by atoms with E-state index in [4.69, 9.17) is 10.4 Å². The molecule has 7 heteroatoms. The number of carboxylic acid groups (broad SMARTS) is 1. The van der Waals surface area contributed by atoms with Crippen LogP contribution in [0.4, 0.5) is 0 Å². The summed E-state index contributed by atoms with van der Waals surface area (Å²) in [5.41, 5.74) is 0.955. The molecule has 0 aromatic heterocycles. The number of hydrogen-bond donors (Lipinski definition) is 3. The molecule has 0 fully saturated rings. The molecule has 2 amide bonds. The molecule has 0 aliphatic rings. The van der Waals surface area contributed by atoms with Gasteiger partial charge in [-0.1, -0.05) is 37.3 Å². The van der Waals surface area contributed by atoms with Crippen LogP contribution in [-0.4, -0.2) is 28.9 Å². The summed E-state index contributed by atoms with van der Waals surface area (Å²) in [6.07, 6.45) is -0.134. The van der Waals surface area contributed by atoms with Crippen molar-refractivity contribution in [3.05, 3.63) is 35.9 Å². The van der Waals surface area contributed by atoms with Gasteiger partial charge in [0.15, 0.2) is 0 Å². The van der Waals surface area contributed by atoms with Crippen LogP contribution in [0.2, 0.25) is 0 Å². The third kappa shape index (κ3) is 7.04. The zero-order valence-corrected chi connectivity index (χ0v) is 14.4. The summed E-state index contributed by atoms with van der Waals surface area (Å²) in [5.74, 6) is -2.53. The number of carboxylic acids is 1. The molecule has 1 aromatic rings. The third-order valence-electron chi connectivity index (χ3n) is 3.82. The number of benzene rings is 1. The van der Waals surface area contributed by atoms with E-state index in [-0.39, 0.29) is 31.2 Å². The van der Waals surface area contributed by atoms with Crippen LogP contribution >= 0.6 is 0 Å². The van der Waals surface area contributed by atoms with Crippen molar-refractivity contribution in [2.75, 3.05) is 0 Å². The first kappa shape index (κ1) is 20.2. The van der Waals surface area contributed by atoms with Crippen LogP contribution in [0.1, 0.15) is 44.7 Å². The molecular formula is C18H23N3O4. The van der Waals surface area contributed by atoms with Crippen molar-refractivity contribution in [2.45, 2.75) is 45.2 Å². The predicted octanol–water partition coefficient (Wildman–Crippen LogP) is 1.76. The number of aliphatic carboxylic acids is 1. The number of nitrogens with zero attached hydrogens (tertiary/aromatic N) is 1. The van der Waals surface area contributed by atoms with Crippen molar-refractivity contribution in [1.29, 1.82) is 5.26 Å². The van der Waals surface area contributed by atoms with Gasteiger partial charge in [-0.05, 0) is 12.5 Å². The minimum Gasteiger partial charge on any atom is -0.480 e. The summed E-state index contributed by atoms with van der Waals surface area (Å²) in [4.78, 5) is 35.0. The highest BCUT2D eigenvalue weighted by Crippen LogP contribution is 2.12. The normalized spacial score (nSPS) is 13.8. The maximum atomic E-state index is 11.9. The minimum absolute atomic E-state index is 0.0202. The Morgan fingerprint density at radius 1 is 1.08 bits per heavy atom. The number of rotatable bonds is 9. The van der Waals surface area contributed by atoms with Crippen LogP contribution in [0.5, 0.6) is 0 Å². The van der Waals surface area contributed by atoms with Gasteiger partial charge >= 0.3 is 5.97 Å². The molecule has 134 valence electrons. The molecule has 1 aromatic carbocycles. The van der Waals surface area contributed by atoms with E-state index in [1.165, 1.54) is 0 Å². The number of carbonyl (C=O) groups excluding carboxylic acids is 2. The smallest absolute Gasteiger partial charge is 0.326 e. The fraction of sp³-hybridized carbons (Fsp3) is 0.444. The van der Waals surface area contributed by atoms with Gasteiger partial charge in [-0.25, -0.2) is 4.79 Å². The third-order valence-corrected chi connectivity index (χ3v) is 3.82. The SMILES string of the molecule is C[C@@H](NC(=O)CCC(=O)N[C@@H](C(=O)O)[C@@H](C)CC#N)c1ccccc1. The van der Waals surface area contributed by atoms with Gasteiger partial charge in [-0.3, -0.25) is 9.59 Å². The number of nitrogens with one attached hydrogen (secondary N) is 2. The molecule has 0 radical (unpaired) electrons. The summed E-state index contributed by atoms with van der Waals surface area (Å²) in [6.45, 7) is 3.42. The van der Waals surface area contributed by atoms with E-state index in [9.17, 15) is 14.4 Å². The van der Waals surface area contributed by atoms with Crippen molar-refractivity contribution >= 4 is 17.8 Å². The monoisotopic (exact) mass is 345 g/mol. The molecule has 0 unspecified atom stereocenters. The van der Waals surface area contributed by atoms with Gasteiger partial charge in [0.2, 0.25) is 11.8 Å². The Kier molecular flexibility index (Phi) is 8.13. The first-order chi connectivity index (χ1) is 11.8. The number of hydrogen-bond acceptors (Lipinski definition) is 4. The minimum atomic E-state index is -1.20. The number of nitriles is 1. The summed E-state index contributed by atoms with van der Waals surface area (Å²) >= 11 is 0. The molecule has 0 aliphatic heterocycles. The van der Waals surface area contributed by atoms with E-state index in [0.717, 1.165) is 5.56 Å². The van der Waals surface area contributed by atoms with E-state index in [0.29, 0.717) is 0 Å². The van der Waals surface area contributed by atoms with Gasteiger partial charge in [0.25, 0.3) is 0 Å². The Morgan fingerprint density at radius 3 is 2.16 bits per heavy atom. The largest absolute Gasteiger partial charge is 0.480 e. The average Bonchev–Trinajstić information content (AvgIpc) is 2.58. The molecule has 3 N–H and O–H groups in total. The van der Waals surface area contributed by atoms with Crippen molar-refractivity contribution in [3.63, 3.8) is 0 Å². The van der Waals surface area contributed by atoms with Gasteiger partial charge in [0, 0.05) is 25.2 Å². The van der Waals surface area contributed by atoms with E-state index in [2.05, 4.69) is 10.6 Å². The maximum absolute atomic E-state index is 11.9. The first-order valence-corrected chi connectivity index (χ1v) is 8.08. The zero-order valence-electron chi connectivity index (χ0n) is 14.4. The van der Waals surface area contributed by atoms with E-state index >= 15 is 0 Å². The summed E-state index contributed by atoms with van der Waals surface area (Å²) in [7, 11) is 0. The summed E-state index contributed by atoms with van der Waals surface area (Å²) in [5, 5.41) is 22.9. The van der Waals surface area contributed by atoms with Gasteiger partial charge in [0.1, 0.15) is 6.04 Å². The molecule has 0 spiro atoms. The number of amides is 2. The highest BCUT2D eigenvalue weighted by Gasteiger charge is 2.26. The van der Waals surface area contributed by atoms with Crippen LogP contribution in [0.3, 0.4) is 0 Å². The zero-order chi connectivity index (χ0) is 18.8. The molecule has 0 heterocycles. The Labute approximate surface area is 147 Å². The van der Waals surface area contributed by atoms with E-state index in [1.807, 2.05) is 43.3 Å². The van der Waals surface area contributed by atoms with Crippen LogP contribution in [-0.2, 0) is 14.4 Å².